The number of nitrogens with one attached hydrogen (secondary N) is 1. The molecule has 0 radical (unpaired) electrons. The number of hydrogen-bond donors (Lipinski definition) is 2. The number of piperidine rings is 1. The Kier molecular flexibility index (Phi) is 6.37. The van der Waals surface area contributed by atoms with E-state index in [0.29, 0.717) is 43.1 Å². The van der Waals surface area contributed by atoms with Crippen LogP contribution < -0.4 is 10.1 Å². The molecule has 0 saturated carbocycles. The number of fused-ring (bicyclic) bond motifs is 2. The maximum absolute atomic E-state index is 13.4. The Morgan fingerprint density at radius 1 is 1.26 bits per heavy atom. The van der Waals surface area contributed by atoms with Gasteiger partial charge in [-0.15, -0.1) is 13.2 Å². The molecule has 0 aliphatic carbocycles. The van der Waals surface area contributed by atoms with Crippen LogP contribution in [0.25, 0.3) is 33.6 Å². The van der Waals surface area contributed by atoms with Crippen LogP contribution in [0, 0.1) is 0 Å². The molecular weight excluding hydrogens is 505 g/mol. The second-order valence-electron chi connectivity index (χ2n) is 9.11. The molecular formula is C25H25F3N6O4. The molecule has 2 N–H and O–H groups in total. The van der Waals surface area contributed by atoms with Crippen molar-refractivity contribution in [3.8, 4) is 17.3 Å². The first-order chi connectivity index (χ1) is 18.1. The molecule has 1 aliphatic heterocycles. The number of imidazole rings is 1. The monoisotopic (exact) mass is 530 g/mol. The lowest BCUT2D eigenvalue weighted by Crippen LogP contribution is -2.49. The Bertz CT molecular complexity index is 1540. The summed E-state index contributed by atoms with van der Waals surface area (Å²) >= 11 is 0. The van der Waals surface area contributed by atoms with Gasteiger partial charge in [0.25, 0.3) is 5.91 Å². The van der Waals surface area contributed by atoms with Gasteiger partial charge in [-0.25, -0.2) is 14.8 Å². The highest BCUT2D eigenvalue weighted by Gasteiger charge is 2.34. The zero-order chi connectivity index (χ0) is 27.2. The van der Waals surface area contributed by atoms with Crippen molar-refractivity contribution in [3.05, 3.63) is 42.1 Å². The van der Waals surface area contributed by atoms with Crippen LogP contribution >= 0.6 is 0 Å². The van der Waals surface area contributed by atoms with Crippen molar-refractivity contribution in [2.75, 3.05) is 13.1 Å². The van der Waals surface area contributed by atoms with Crippen LogP contribution in [0.2, 0.25) is 0 Å². The van der Waals surface area contributed by atoms with Crippen molar-refractivity contribution in [2.24, 2.45) is 7.05 Å². The van der Waals surface area contributed by atoms with Gasteiger partial charge in [-0.05, 0) is 50.1 Å². The highest BCUT2D eigenvalue weighted by atomic mass is 19.4. The SMILES string of the molecule is CCn1c(-c2nc3cc(C(=O)N4CCCC(NC(=O)O)C4)cc(OC(F)(F)F)c3n2C)cc2cccnc21. The lowest BCUT2D eigenvalue weighted by atomic mass is 10.0. The van der Waals surface area contributed by atoms with Gasteiger partial charge in [0.1, 0.15) is 11.2 Å². The highest BCUT2D eigenvalue weighted by Crippen LogP contribution is 2.36. The number of hydrogen-bond acceptors (Lipinski definition) is 5. The number of benzene rings is 1. The van der Waals surface area contributed by atoms with Gasteiger partial charge in [0.05, 0.1) is 11.2 Å². The normalized spacial score (nSPS) is 16.2. The zero-order valence-electron chi connectivity index (χ0n) is 20.6. The predicted octanol–water partition coefficient (Wildman–Crippen LogP) is 4.38. The summed E-state index contributed by atoms with van der Waals surface area (Å²) in [6.45, 7) is 2.94. The third-order valence-corrected chi connectivity index (χ3v) is 6.64. The first-order valence-corrected chi connectivity index (χ1v) is 12.0. The summed E-state index contributed by atoms with van der Waals surface area (Å²) in [7, 11) is 1.59. The van der Waals surface area contributed by atoms with E-state index >= 15 is 0 Å². The van der Waals surface area contributed by atoms with Crippen molar-refractivity contribution in [1.82, 2.24) is 29.3 Å². The van der Waals surface area contributed by atoms with Gasteiger partial charge < -0.3 is 29.2 Å². The number of pyridine rings is 1. The number of nitrogens with zero attached hydrogens (tertiary/aromatic N) is 5. The van der Waals surface area contributed by atoms with Crippen molar-refractivity contribution in [2.45, 2.75) is 38.7 Å². The maximum atomic E-state index is 13.4. The molecule has 0 spiro atoms. The number of amides is 2. The molecule has 38 heavy (non-hydrogen) atoms. The van der Waals surface area contributed by atoms with Gasteiger partial charge in [-0.3, -0.25) is 4.79 Å². The number of alkyl halides is 3. The molecule has 2 amide bonds. The second kappa shape index (κ2) is 9.54. The Balaban J connectivity index is 1.61. The largest absolute Gasteiger partial charge is 0.573 e. The molecule has 1 unspecified atom stereocenters. The number of aryl methyl sites for hydroxylation is 2. The smallest absolute Gasteiger partial charge is 0.465 e. The number of carbonyl (C=O) groups is 2. The molecule has 5 rings (SSSR count). The molecule has 1 aliphatic rings. The molecule has 0 bridgehead atoms. The van der Waals surface area contributed by atoms with Crippen molar-refractivity contribution >= 4 is 34.1 Å². The molecule has 10 nitrogen and oxygen atoms in total. The van der Waals surface area contributed by atoms with Gasteiger partial charge in [0.2, 0.25) is 0 Å². The number of carboxylic acid groups (broad SMARTS) is 1. The van der Waals surface area contributed by atoms with Crippen LogP contribution in [-0.4, -0.2) is 66.6 Å². The summed E-state index contributed by atoms with van der Waals surface area (Å²) in [4.78, 5) is 34.8. The van der Waals surface area contributed by atoms with Crippen molar-refractivity contribution in [3.63, 3.8) is 0 Å². The summed E-state index contributed by atoms with van der Waals surface area (Å²) < 4.78 is 48.1. The molecule has 200 valence electrons. The van der Waals surface area contributed by atoms with Crippen LogP contribution in [-0.2, 0) is 13.6 Å². The molecule has 1 atom stereocenters. The van der Waals surface area contributed by atoms with Gasteiger partial charge in [0.15, 0.2) is 11.6 Å². The first kappa shape index (κ1) is 25.4. The van der Waals surface area contributed by atoms with E-state index in [9.17, 15) is 22.8 Å². The highest BCUT2D eigenvalue weighted by molar-refractivity contribution is 6.00. The Morgan fingerprint density at radius 3 is 2.76 bits per heavy atom. The van der Waals surface area contributed by atoms with Gasteiger partial charge in [0, 0.05) is 49.9 Å². The van der Waals surface area contributed by atoms with Crippen LogP contribution in [0.4, 0.5) is 18.0 Å². The number of carbonyl (C=O) groups excluding carboxylic acids is 1. The molecule has 1 saturated heterocycles. The summed E-state index contributed by atoms with van der Waals surface area (Å²) in [6.07, 6.45) is -3.43. The fourth-order valence-electron chi connectivity index (χ4n) is 5.09. The zero-order valence-corrected chi connectivity index (χ0v) is 20.6. The van der Waals surface area contributed by atoms with Crippen LogP contribution in [0.15, 0.2) is 36.5 Å². The topological polar surface area (TPSA) is 115 Å². The average molecular weight is 531 g/mol. The molecule has 3 aromatic heterocycles. The van der Waals surface area contributed by atoms with E-state index in [4.69, 9.17) is 5.11 Å². The van der Waals surface area contributed by atoms with E-state index < -0.39 is 30.2 Å². The molecule has 1 aromatic carbocycles. The standard InChI is InChI=1S/C25H25F3N6O4/c1-3-34-18(11-14-6-4-8-29-21(14)34)22-31-17-10-15(12-19(20(17)32(22)2)38-25(26,27)28)23(35)33-9-5-7-16(13-33)30-24(36)37/h4,6,8,10-12,16,30H,3,5,7,9,13H2,1-2H3,(H,36,37). The fraction of sp³-hybridized carbons (Fsp3) is 0.360. The van der Waals surface area contributed by atoms with E-state index in [2.05, 4.69) is 20.0 Å². The van der Waals surface area contributed by atoms with Crippen molar-refractivity contribution < 1.29 is 32.6 Å². The first-order valence-electron chi connectivity index (χ1n) is 12.0. The van der Waals surface area contributed by atoms with E-state index in [1.807, 2.05) is 23.6 Å². The summed E-state index contributed by atoms with van der Waals surface area (Å²) in [5, 5.41) is 12.2. The molecule has 4 aromatic rings. The number of rotatable bonds is 5. The Labute approximate surface area is 214 Å². The minimum atomic E-state index is -5.00. The fourth-order valence-corrected chi connectivity index (χ4v) is 5.09. The summed E-state index contributed by atoms with van der Waals surface area (Å²) in [5.74, 6) is -0.691. The van der Waals surface area contributed by atoms with Crippen LogP contribution in [0.5, 0.6) is 5.75 Å². The average Bonchev–Trinajstić information content (AvgIpc) is 3.39. The third kappa shape index (κ3) is 4.71. The molecule has 13 heteroatoms. The quantitative estimate of drug-likeness (QED) is 0.396. The number of ether oxygens (including phenoxy) is 1. The molecule has 1 fully saturated rings. The predicted molar refractivity (Wildman–Crippen MR) is 132 cm³/mol. The third-order valence-electron chi connectivity index (χ3n) is 6.64. The van der Waals surface area contributed by atoms with E-state index in [-0.39, 0.29) is 23.1 Å². The minimum absolute atomic E-state index is 0.0323. The van der Waals surface area contributed by atoms with E-state index in [1.165, 1.54) is 15.5 Å². The number of likely N-dealkylation sites (tertiary alicyclic amines) is 1. The molecule has 4 heterocycles. The minimum Gasteiger partial charge on any atom is -0.465 e. The summed E-state index contributed by atoms with van der Waals surface area (Å²) in [5.41, 5.74) is 1.58. The Hall–Kier alpha value is -4.29. The van der Waals surface area contributed by atoms with E-state index in [1.54, 1.807) is 19.3 Å². The summed E-state index contributed by atoms with van der Waals surface area (Å²) in [6, 6.07) is 7.59. The number of aromatic nitrogens is 4. The van der Waals surface area contributed by atoms with Gasteiger partial charge in [-0.1, -0.05) is 0 Å². The van der Waals surface area contributed by atoms with Crippen LogP contribution in [0.3, 0.4) is 0 Å². The van der Waals surface area contributed by atoms with Gasteiger partial charge >= 0.3 is 12.5 Å². The second-order valence-corrected chi connectivity index (χ2v) is 9.11. The lowest BCUT2D eigenvalue weighted by Gasteiger charge is -2.32. The Morgan fingerprint density at radius 2 is 2.05 bits per heavy atom. The van der Waals surface area contributed by atoms with Crippen molar-refractivity contribution in [1.29, 1.82) is 0 Å². The van der Waals surface area contributed by atoms with E-state index in [0.717, 1.165) is 11.5 Å². The lowest BCUT2D eigenvalue weighted by molar-refractivity contribution is -0.274. The van der Waals surface area contributed by atoms with Crippen LogP contribution in [0.1, 0.15) is 30.1 Å². The maximum Gasteiger partial charge on any atom is 0.573 e. The number of halogens is 3. The van der Waals surface area contributed by atoms with Gasteiger partial charge in [-0.2, -0.15) is 0 Å².